The number of Topliss-reactive ketones (excluding diaryl/α,β-unsaturated/α-hetero) is 2. The van der Waals surface area contributed by atoms with Crippen LogP contribution in [0.15, 0.2) is 23.0 Å². The molecule has 3 amide bonds. The number of hydrogen-bond acceptors (Lipinski definition) is 14. The van der Waals surface area contributed by atoms with Gasteiger partial charge in [0.15, 0.2) is 11.4 Å². The molecule has 17 heteroatoms. The predicted octanol–water partition coefficient (Wildman–Crippen LogP) is 2.14. The summed E-state index contributed by atoms with van der Waals surface area (Å²) in [6.07, 6.45) is 0.334. The fraction of sp³-hybridized carbons (Fsp3) is 0.568. The number of aliphatic hydroxyl groups is 3. The lowest BCUT2D eigenvalue weighted by Gasteiger charge is -2.50. The predicted molar refractivity (Wildman–Crippen MR) is 195 cm³/mol. The Morgan fingerprint density at radius 1 is 1.06 bits per heavy atom. The number of rotatable bonds is 12. The first-order valence-electron chi connectivity index (χ1n) is 17.6. The number of aliphatic hydroxyl groups excluding tert-OH is 2. The summed E-state index contributed by atoms with van der Waals surface area (Å²) in [5, 5.41) is 48.9. The van der Waals surface area contributed by atoms with Crippen LogP contribution >= 0.6 is 0 Å². The van der Waals surface area contributed by atoms with Gasteiger partial charge >= 0.3 is 12.1 Å². The van der Waals surface area contributed by atoms with Crippen molar-refractivity contribution in [3.63, 3.8) is 0 Å². The van der Waals surface area contributed by atoms with E-state index in [1.54, 1.807) is 19.0 Å². The highest BCUT2D eigenvalue weighted by molar-refractivity contribution is 6.24. The van der Waals surface area contributed by atoms with Gasteiger partial charge in [0, 0.05) is 37.8 Å². The van der Waals surface area contributed by atoms with Crippen molar-refractivity contribution >= 4 is 52.6 Å². The highest BCUT2D eigenvalue weighted by atomic mass is 16.7. The number of nitrogens with one attached hydrogen (secondary N) is 1. The number of amides is 3. The minimum absolute atomic E-state index is 0.0425. The van der Waals surface area contributed by atoms with Gasteiger partial charge in [0.05, 0.1) is 23.7 Å². The fourth-order valence-corrected chi connectivity index (χ4v) is 7.45. The van der Waals surface area contributed by atoms with E-state index in [9.17, 15) is 49.2 Å². The Hall–Kier alpha value is -5.16. The molecule has 1 fully saturated rings. The zero-order valence-corrected chi connectivity index (χ0v) is 31.9. The molecule has 1 aromatic carbocycles. The van der Waals surface area contributed by atoms with Gasteiger partial charge in [-0.1, -0.05) is 34.1 Å². The molecule has 0 aliphatic heterocycles. The average molecular weight is 758 g/mol. The van der Waals surface area contributed by atoms with Crippen LogP contribution in [0.3, 0.4) is 0 Å². The quantitative estimate of drug-likeness (QED) is 0.0774. The third kappa shape index (κ3) is 7.87. The number of nitrogens with two attached hydrogens (primary N) is 1. The molecule has 1 saturated carbocycles. The van der Waals surface area contributed by atoms with Crippen LogP contribution in [0.1, 0.15) is 64.5 Å². The molecule has 0 spiro atoms. The molecule has 0 bridgehead atoms. The first-order valence-corrected chi connectivity index (χ1v) is 17.6. The van der Waals surface area contributed by atoms with E-state index in [4.69, 9.17) is 15.2 Å². The number of hydrogen-bond donors (Lipinski definition) is 6. The standard InChI is InChI=1S/C37H51N5O12/c1-9-10-11-42(35(51)54-17-53-24(44)15-36(2,3)4)16-23(43)39-21-14-22(40(5)6)19-12-18-13-20-28(41(7)8)31(47)27(34(38)50)33(49)37(20,52)32(48)25(18)30(46)26(19)29(21)45/h14,18,20,28,45-46,49,52H,9-13,15-17H2,1-8H3,(H2,38,50)(H,39,43)/t18-,20-,28-,37-/m0/s1. The van der Waals surface area contributed by atoms with E-state index < -0.39 is 95.1 Å². The summed E-state index contributed by atoms with van der Waals surface area (Å²) in [7, 11) is 6.41. The fourth-order valence-electron chi connectivity index (χ4n) is 7.45. The Bertz CT molecular complexity index is 1810. The first kappa shape index (κ1) is 41.6. The molecule has 0 aromatic heterocycles. The number of fused-ring (bicyclic) bond motifs is 3. The number of likely N-dealkylation sites (N-methyl/N-ethyl adjacent to an activating group) is 1. The Morgan fingerprint density at radius 2 is 1.70 bits per heavy atom. The van der Waals surface area contributed by atoms with E-state index in [-0.39, 0.29) is 48.0 Å². The number of anilines is 2. The number of phenols is 1. The van der Waals surface area contributed by atoms with Gasteiger partial charge in [-0.3, -0.25) is 33.8 Å². The number of phenolic OH excluding ortho intramolecular Hbond substituents is 1. The smallest absolute Gasteiger partial charge is 0.413 e. The number of nitrogens with zero attached hydrogens (tertiary/aromatic N) is 3. The molecule has 3 aliphatic rings. The molecule has 0 saturated heterocycles. The van der Waals surface area contributed by atoms with Crippen molar-refractivity contribution < 1.29 is 58.7 Å². The van der Waals surface area contributed by atoms with Crippen LogP contribution in [0, 0.1) is 17.3 Å². The van der Waals surface area contributed by atoms with E-state index in [0.717, 1.165) is 4.90 Å². The number of esters is 1. The molecular weight excluding hydrogens is 706 g/mol. The molecule has 296 valence electrons. The number of carbonyl (C=O) groups excluding carboxylic acids is 6. The van der Waals surface area contributed by atoms with Crippen LogP contribution in [-0.4, -0.2) is 125 Å². The summed E-state index contributed by atoms with van der Waals surface area (Å²) in [5.74, 6) is -9.25. The lowest BCUT2D eigenvalue weighted by Crippen LogP contribution is -2.65. The van der Waals surface area contributed by atoms with Crippen molar-refractivity contribution in [2.75, 3.05) is 58.3 Å². The van der Waals surface area contributed by atoms with Crippen molar-refractivity contribution in [2.45, 2.75) is 71.4 Å². The Kier molecular flexibility index (Phi) is 12.1. The lowest BCUT2D eigenvalue weighted by molar-refractivity contribution is -0.155. The third-order valence-electron chi connectivity index (χ3n) is 9.90. The Morgan fingerprint density at radius 3 is 2.26 bits per heavy atom. The van der Waals surface area contributed by atoms with Gasteiger partial charge in [-0.25, -0.2) is 4.79 Å². The Labute approximate surface area is 313 Å². The number of ketones is 2. The largest absolute Gasteiger partial charge is 0.508 e. The van der Waals surface area contributed by atoms with Crippen LogP contribution in [0.2, 0.25) is 0 Å². The number of ether oxygens (including phenoxy) is 2. The third-order valence-corrected chi connectivity index (χ3v) is 9.90. The van der Waals surface area contributed by atoms with Crippen LogP contribution in [-0.2, 0) is 39.9 Å². The van der Waals surface area contributed by atoms with Crippen LogP contribution in [0.5, 0.6) is 5.75 Å². The summed E-state index contributed by atoms with van der Waals surface area (Å²) in [5.41, 5.74) is 1.44. The minimum atomic E-state index is -2.81. The number of benzene rings is 1. The number of carbonyl (C=O) groups is 6. The summed E-state index contributed by atoms with van der Waals surface area (Å²) in [6.45, 7) is 6.38. The maximum atomic E-state index is 14.2. The highest BCUT2D eigenvalue weighted by Crippen LogP contribution is 2.54. The van der Waals surface area contributed by atoms with Crippen LogP contribution < -0.4 is 16.0 Å². The number of aromatic hydroxyl groups is 1. The number of primary amides is 1. The van der Waals surface area contributed by atoms with Gasteiger partial charge in [-0.05, 0) is 56.3 Å². The van der Waals surface area contributed by atoms with E-state index in [0.29, 0.717) is 24.1 Å². The summed E-state index contributed by atoms with van der Waals surface area (Å²) >= 11 is 0. The van der Waals surface area contributed by atoms with Crippen molar-refractivity contribution in [3.8, 4) is 5.75 Å². The second-order valence-corrected chi connectivity index (χ2v) is 15.6. The second-order valence-electron chi connectivity index (χ2n) is 15.6. The average Bonchev–Trinajstić information content (AvgIpc) is 3.04. The van der Waals surface area contributed by atoms with Crippen molar-refractivity contribution in [1.82, 2.24) is 9.80 Å². The molecule has 1 aromatic rings. The molecule has 0 heterocycles. The van der Waals surface area contributed by atoms with Crippen LogP contribution in [0.4, 0.5) is 16.2 Å². The van der Waals surface area contributed by atoms with Gasteiger partial charge in [0.2, 0.25) is 18.5 Å². The van der Waals surface area contributed by atoms with Gasteiger partial charge < -0.3 is 45.9 Å². The van der Waals surface area contributed by atoms with Gasteiger partial charge in [-0.2, -0.15) is 0 Å². The van der Waals surface area contributed by atoms with Gasteiger partial charge in [-0.15, -0.1) is 0 Å². The van der Waals surface area contributed by atoms with E-state index in [1.165, 1.54) is 25.1 Å². The monoisotopic (exact) mass is 757 g/mol. The molecule has 0 radical (unpaired) electrons. The molecule has 7 N–H and O–H groups in total. The molecule has 54 heavy (non-hydrogen) atoms. The zero-order chi connectivity index (χ0) is 40.6. The second kappa shape index (κ2) is 15.7. The number of unbranched alkanes of at least 4 members (excludes halogenated alkanes) is 1. The van der Waals surface area contributed by atoms with Crippen molar-refractivity contribution in [2.24, 2.45) is 23.0 Å². The highest BCUT2D eigenvalue weighted by Gasteiger charge is 2.64. The van der Waals surface area contributed by atoms with Gasteiger partial charge in [0.1, 0.15) is 29.4 Å². The minimum Gasteiger partial charge on any atom is -0.508 e. The first-order chi connectivity index (χ1) is 25.1. The van der Waals surface area contributed by atoms with Crippen molar-refractivity contribution in [1.29, 1.82) is 0 Å². The van der Waals surface area contributed by atoms with E-state index in [2.05, 4.69) is 5.32 Å². The summed E-state index contributed by atoms with van der Waals surface area (Å²) < 4.78 is 10.1. The van der Waals surface area contributed by atoms with Crippen LogP contribution in [0.25, 0.3) is 5.76 Å². The molecular formula is C37H51N5O12. The molecule has 4 atom stereocenters. The van der Waals surface area contributed by atoms with E-state index >= 15 is 0 Å². The summed E-state index contributed by atoms with van der Waals surface area (Å²) in [6, 6.07) is 0.245. The van der Waals surface area contributed by atoms with Gasteiger partial charge in [0.25, 0.3) is 5.91 Å². The topological polar surface area (TPSA) is 250 Å². The normalized spacial score (nSPS) is 22.3. The van der Waals surface area contributed by atoms with E-state index in [1.807, 2.05) is 27.7 Å². The maximum absolute atomic E-state index is 14.2. The SMILES string of the molecule is CCCCN(CC(=O)Nc1cc(N(C)C)c2c(c1O)C(O)=C1C(=O)[C@]3(O)C(O)=C(C(N)=O)C(=O)[C@@H](N(C)C)[C@@H]3C[C@@H]1C2)C(=O)OCOC(=O)CC(C)(C)C. The van der Waals surface area contributed by atoms with Crippen molar-refractivity contribution in [3.05, 3.63) is 34.1 Å². The molecule has 4 rings (SSSR count). The molecule has 0 unspecified atom stereocenters. The molecule has 3 aliphatic carbocycles. The molecule has 17 nitrogen and oxygen atoms in total. The maximum Gasteiger partial charge on any atom is 0.413 e. The Balaban J connectivity index is 1.68. The zero-order valence-electron chi connectivity index (χ0n) is 31.9. The summed E-state index contributed by atoms with van der Waals surface area (Å²) in [4.78, 5) is 82.4. The lowest BCUT2D eigenvalue weighted by atomic mass is 9.57.